The van der Waals surface area contributed by atoms with Gasteiger partial charge in [-0.1, -0.05) is 30.3 Å². The molecule has 0 radical (unpaired) electrons. The van der Waals surface area contributed by atoms with Gasteiger partial charge in [-0.25, -0.2) is 0 Å². The minimum Gasteiger partial charge on any atom is -0.497 e. The summed E-state index contributed by atoms with van der Waals surface area (Å²) in [5.41, 5.74) is 9.02. The molecule has 0 fully saturated rings. The van der Waals surface area contributed by atoms with E-state index in [1.54, 1.807) is 14.2 Å². The van der Waals surface area contributed by atoms with Gasteiger partial charge in [-0.05, 0) is 41.0 Å². The van der Waals surface area contributed by atoms with Crippen LogP contribution in [0.1, 0.15) is 11.1 Å². The summed E-state index contributed by atoms with van der Waals surface area (Å²) >= 11 is 0. The van der Waals surface area contributed by atoms with E-state index in [-0.39, 0.29) is 0 Å². The van der Waals surface area contributed by atoms with Crippen molar-refractivity contribution in [3.05, 3.63) is 65.7 Å². The average molecular weight is 269 g/mol. The lowest BCUT2D eigenvalue weighted by Gasteiger charge is -2.10. The molecule has 0 spiro atoms. The summed E-state index contributed by atoms with van der Waals surface area (Å²) in [4.78, 5) is 0. The van der Waals surface area contributed by atoms with Crippen molar-refractivity contribution in [3.63, 3.8) is 0 Å². The van der Waals surface area contributed by atoms with Gasteiger partial charge in [0.1, 0.15) is 11.5 Å². The van der Waals surface area contributed by atoms with Crippen LogP contribution in [0, 0.1) is 0 Å². The molecule has 0 saturated carbocycles. The van der Waals surface area contributed by atoms with Gasteiger partial charge in [0.05, 0.1) is 14.2 Å². The second kappa shape index (κ2) is 6.78. The monoisotopic (exact) mass is 269 g/mol. The predicted octanol–water partition coefficient (Wildman–Crippen LogP) is 3.09. The normalized spacial score (nSPS) is 9.95. The van der Waals surface area contributed by atoms with Gasteiger partial charge in [0, 0.05) is 6.54 Å². The van der Waals surface area contributed by atoms with Gasteiger partial charge >= 0.3 is 0 Å². The Balaban J connectivity index is 2.36. The standard InChI is InChI=1S/C17H19NO2/c1-19-15-7-3-13(4-8-15)17(11-12-18)14-5-9-16(20-2)10-6-14/h3-11H,12,18H2,1-2H3. The number of nitrogens with two attached hydrogens (primary N) is 1. The van der Waals surface area contributed by atoms with Crippen LogP contribution in [-0.4, -0.2) is 20.8 Å². The Morgan fingerprint density at radius 2 is 1.25 bits per heavy atom. The van der Waals surface area contributed by atoms with Gasteiger partial charge in [-0.3, -0.25) is 0 Å². The Morgan fingerprint density at radius 3 is 1.55 bits per heavy atom. The molecule has 2 N–H and O–H groups in total. The Hall–Kier alpha value is -2.26. The van der Waals surface area contributed by atoms with Gasteiger partial charge < -0.3 is 15.2 Å². The van der Waals surface area contributed by atoms with Crippen molar-refractivity contribution in [1.29, 1.82) is 0 Å². The van der Waals surface area contributed by atoms with Crippen LogP contribution in [0.3, 0.4) is 0 Å². The fourth-order valence-electron chi connectivity index (χ4n) is 2.06. The molecule has 0 aromatic heterocycles. The molecule has 2 rings (SSSR count). The average Bonchev–Trinajstić information content (AvgIpc) is 2.53. The van der Waals surface area contributed by atoms with Crippen LogP contribution in [0.4, 0.5) is 0 Å². The zero-order valence-corrected chi connectivity index (χ0v) is 11.8. The van der Waals surface area contributed by atoms with E-state index in [1.807, 2.05) is 54.6 Å². The van der Waals surface area contributed by atoms with Crippen LogP contribution in [0.15, 0.2) is 54.6 Å². The summed E-state index contributed by atoms with van der Waals surface area (Å²) in [6, 6.07) is 15.9. The van der Waals surface area contributed by atoms with Crippen LogP contribution < -0.4 is 15.2 Å². The van der Waals surface area contributed by atoms with Gasteiger partial charge in [0.2, 0.25) is 0 Å². The number of rotatable bonds is 5. The van der Waals surface area contributed by atoms with E-state index < -0.39 is 0 Å². The first-order valence-corrected chi connectivity index (χ1v) is 6.47. The molecule has 104 valence electrons. The van der Waals surface area contributed by atoms with Crippen molar-refractivity contribution in [2.45, 2.75) is 0 Å². The van der Waals surface area contributed by atoms with Crippen LogP contribution in [0.2, 0.25) is 0 Å². The number of benzene rings is 2. The predicted molar refractivity (Wildman–Crippen MR) is 82.1 cm³/mol. The van der Waals surface area contributed by atoms with Gasteiger partial charge in [-0.2, -0.15) is 0 Å². The summed E-state index contributed by atoms with van der Waals surface area (Å²) in [5, 5.41) is 0. The zero-order valence-electron chi connectivity index (χ0n) is 11.8. The molecule has 0 aliphatic heterocycles. The first-order chi connectivity index (χ1) is 9.78. The molecule has 0 heterocycles. The lowest BCUT2D eigenvalue weighted by molar-refractivity contribution is 0.414. The summed E-state index contributed by atoms with van der Waals surface area (Å²) in [7, 11) is 3.32. The number of hydrogen-bond donors (Lipinski definition) is 1. The maximum atomic E-state index is 5.69. The first-order valence-electron chi connectivity index (χ1n) is 6.47. The Labute approximate surface area is 119 Å². The van der Waals surface area contributed by atoms with Gasteiger partial charge in [-0.15, -0.1) is 0 Å². The molecule has 3 nitrogen and oxygen atoms in total. The highest BCUT2D eigenvalue weighted by molar-refractivity contribution is 5.80. The summed E-state index contributed by atoms with van der Waals surface area (Å²) < 4.78 is 10.4. The van der Waals surface area contributed by atoms with Crippen LogP contribution >= 0.6 is 0 Å². The maximum absolute atomic E-state index is 5.69. The first kappa shape index (κ1) is 14.2. The Kier molecular flexibility index (Phi) is 4.80. The third kappa shape index (κ3) is 3.19. The minimum atomic E-state index is 0.493. The Bertz CT molecular complexity index is 521. The summed E-state index contributed by atoms with van der Waals surface area (Å²) in [6.45, 7) is 0.493. The van der Waals surface area contributed by atoms with Crippen molar-refractivity contribution >= 4 is 5.57 Å². The zero-order chi connectivity index (χ0) is 14.4. The highest BCUT2D eigenvalue weighted by Gasteiger charge is 2.05. The molecule has 2 aromatic carbocycles. The number of ether oxygens (including phenoxy) is 2. The number of methoxy groups -OCH3 is 2. The lowest BCUT2D eigenvalue weighted by Crippen LogP contribution is -1.97. The van der Waals surface area contributed by atoms with Crippen LogP contribution in [0.5, 0.6) is 11.5 Å². The van der Waals surface area contributed by atoms with E-state index in [9.17, 15) is 0 Å². The quantitative estimate of drug-likeness (QED) is 0.907. The van der Waals surface area contributed by atoms with Crippen molar-refractivity contribution in [1.82, 2.24) is 0 Å². The molecule has 0 aliphatic rings. The van der Waals surface area contributed by atoms with E-state index in [1.165, 1.54) is 0 Å². The molecule has 2 aromatic rings. The fraction of sp³-hybridized carbons (Fsp3) is 0.176. The fourth-order valence-corrected chi connectivity index (χ4v) is 2.06. The van der Waals surface area contributed by atoms with Crippen molar-refractivity contribution in [2.75, 3.05) is 20.8 Å². The smallest absolute Gasteiger partial charge is 0.118 e. The molecular formula is C17H19NO2. The van der Waals surface area contributed by atoms with Crippen molar-refractivity contribution in [2.24, 2.45) is 5.73 Å². The second-order valence-corrected chi connectivity index (χ2v) is 4.31. The summed E-state index contributed by atoms with van der Waals surface area (Å²) in [5.74, 6) is 1.69. The molecule has 0 bridgehead atoms. The molecular weight excluding hydrogens is 250 g/mol. The SMILES string of the molecule is COc1ccc(C(=CCN)c2ccc(OC)cc2)cc1. The lowest BCUT2D eigenvalue weighted by atomic mass is 9.97. The molecule has 0 saturated heterocycles. The molecule has 20 heavy (non-hydrogen) atoms. The van der Waals surface area contributed by atoms with E-state index in [2.05, 4.69) is 0 Å². The van der Waals surface area contributed by atoms with Gasteiger partial charge in [0.15, 0.2) is 0 Å². The highest BCUT2D eigenvalue weighted by atomic mass is 16.5. The largest absolute Gasteiger partial charge is 0.497 e. The molecule has 0 aliphatic carbocycles. The second-order valence-electron chi connectivity index (χ2n) is 4.31. The molecule has 3 heteroatoms. The van der Waals surface area contributed by atoms with E-state index in [4.69, 9.17) is 15.2 Å². The van der Waals surface area contributed by atoms with Crippen LogP contribution in [0.25, 0.3) is 5.57 Å². The maximum Gasteiger partial charge on any atom is 0.118 e. The highest BCUT2D eigenvalue weighted by Crippen LogP contribution is 2.26. The molecule has 0 atom stereocenters. The topological polar surface area (TPSA) is 44.5 Å². The Morgan fingerprint density at radius 1 is 0.850 bits per heavy atom. The van der Waals surface area contributed by atoms with E-state index in [0.29, 0.717) is 6.54 Å². The third-order valence-electron chi connectivity index (χ3n) is 3.12. The number of hydrogen-bond acceptors (Lipinski definition) is 3. The minimum absolute atomic E-state index is 0.493. The van der Waals surface area contributed by atoms with E-state index in [0.717, 1.165) is 28.2 Å². The third-order valence-corrected chi connectivity index (χ3v) is 3.12. The molecule has 0 unspecified atom stereocenters. The van der Waals surface area contributed by atoms with Crippen molar-refractivity contribution < 1.29 is 9.47 Å². The molecule has 0 amide bonds. The summed E-state index contributed by atoms with van der Waals surface area (Å²) in [6.07, 6.45) is 2.02. The van der Waals surface area contributed by atoms with Crippen LogP contribution in [-0.2, 0) is 0 Å². The van der Waals surface area contributed by atoms with Gasteiger partial charge in [0.25, 0.3) is 0 Å². The van der Waals surface area contributed by atoms with E-state index >= 15 is 0 Å². The van der Waals surface area contributed by atoms with Crippen molar-refractivity contribution in [3.8, 4) is 11.5 Å².